The zero-order valence-electron chi connectivity index (χ0n) is 15.5. The van der Waals surface area contributed by atoms with E-state index in [4.69, 9.17) is 9.84 Å². The normalized spacial score (nSPS) is 15.3. The Bertz CT molecular complexity index is 745. The van der Waals surface area contributed by atoms with Crippen LogP contribution in [0.1, 0.15) is 43.4 Å². The standard InChI is InChI=1S/C19H26BF2N3O/c1-23-10-17-18(20)19(25(24-17)11-13-5-3-2-4-6-13)26-12-14-9-15(21)7-8-16(14)22/h7-9,13,23H,2-6,10-12,20H2,1H3. The van der Waals surface area contributed by atoms with Crippen molar-refractivity contribution in [2.24, 2.45) is 5.92 Å². The molecule has 1 aliphatic rings. The number of benzene rings is 1. The fourth-order valence-electron chi connectivity index (χ4n) is 3.64. The summed E-state index contributed by atoms with van der Waals surface area (Å²) in [6.07, 6.45) is 6.25. The number of hydrogen-bond donors (Lipinski definition) is 1. The molecular formula is C19H26BF2N3O. The number of ether oxygens (including phenoxy) is 1. The van der Waals surface area contributed by atoms with Gasteiger partial charge < -0.3 is 10.1 Å². The lowest BCUT2D eigenvalue weighted by molar-refractivity contribution is 0.243. The van der Waals surface area contributed by atoms with Gasteiger partial charge in [0.05, 0.1) is 5.69 Å². The van der Waals surface area contributed by atoms with Crippen LogP contribution in [0.2, 0.25) is 0 Å². The van der Waals surface area contributed by atoms with E-state index in [9.17, 15) is 8.78 Å². The van der Waals surface area contributed by atoms with E-state index in [1.807, 2.05) is 19.6 Å². The molecule has 1 aromatic heterocycles. The maximum Gasteiger partial charge on any atom is 0.205 e. The maximum absolute atomic E-state index is 13.9. The number of nitrogens with zero attached hydrogens (tertiary/aromatic N) is 2. The van der Waals surface area contributed by atoms with Crippen LogP contribution in [0.15, 0.2) is 18.2 Å². The van der Waals surface area contributed by atoms with Crippen LogP contribution in [0, 0.1) is 17.6 Å². The van der Waals surface area contributed by atoms with Crippen molar-refractivity contribution in [1.82, 2.24) is 15.1 Å². The fourth-order valence-corrected chi connectivity index (χ4v) is 3.64. The van der Waals surface area contributed by atoms with Crippen LogP contribution in [0.4, 0.5) is 8.78 Å². The number of halogens is 2. The SMILES string of the molecule is Bc1c(CNC)nn(CC2CCCCC2)c1OCc1cc(F)ccc1F. The molecule has 1 aromatic carbocycles. The summed E-state index contributed by atoms with van der Waals surface area (Å²) in [5.41, 5.74) is 2.09. The molecule has 0 amide bonds. The van der Waals surface area contributed by atoms with Crippen molar-refractivity contribution >= 4 is 13.3 Å². The summed E-state index contributed by atoms with van der Waals surface area (Å²) >= 11 is 0. The third kappa shape index (κ3) is 4.44. The van der Waals surface area contributed by atoms with Gasteiger partial charge in [-0.25, -0.2) is 13.5 Å². The van der Waals surface area contributed by atoms with Crippen molar-refractivity contribution in [3.05, 3.63) is 41.1 Å². The van der Waals surface area contributed by atoms with Gasteiger partial charge in [-0.05, 0) is 49.5 Å². The first kappa shape index (κ1) is 18.9. The van der Waals surface area contributed by atoms with Gasteiger partial charge in [-0.2, -0.15) is 5.10 Å². The monoisotopic (exact) mass is 361 g/mol. The molecule has 26 heavy (non-hydrogen) atoms. The van der Waals surface area contributed by atoms with Crippen LogP contribution >= 0.6 is 0 Å². The summed E-state index contributed by atoms with van der Waals surface area (Å²) in [4.78, 5) is 0. The van der Waals surface area contributed by atoms with Crippen LogP contribution < -0.4 is 15.5 Å². The number of rotatable bonds is 7. The fraction of sp³-hybridized carbons (Fsp3) is 0.526. The van der Waals surface area contributed by atoms with E-state index in [1.165, 1.54) is 38.2 Å². The summed E-state index contributed by atoms with van der Waals surface area (Å²) < 4.78 is 35.1. The van der Waals surface area contributed by atoms with Crippen LogP contribution in [0.3, 0.4) is 0 Å². The second-order valence-corrected chi connectivity index (χ2v) is 7.12. The van der Waals surface area contributed by atoms with E-state index in [1.54, 1.807) is 0 Å². The van der Waals surface area contributed by atoms with E-state index in [0.29, 0.717) is 18.3 Å². The molecule has 0 radical (unpaired) electrons. The molecule has 1 fully saturated rings. The predicted molar refractivity (Wildman–Crippen MR) is 100 cm³/mol. The van der Waals surface area contributed by atoms with E-state index < -0.39 is 11.6 Å². The smallest absolute Gasteiger partial charge is 0.205 e. The van der Waals surface area contributed by atoms with Crippen LogP contribution in [-0.2, 0) is 19.7 Å². The molecule has 0 spiro atoms. The molecule has 1 heterocycles. The average molecular weight is 361 g/mol. The Kier molecular flexibility index (Phi) is 6.30. The molecule has 0 aliphatic heterocycles. The Hall–Kier alpha value is -1.89. The van der Waals surface area contributed by atoms with E-state index in [0.717, 1.165) is 29.8 Å². The third-order valence-electron chi connectivity index (χ3n) is 5.10. The maximum atomic E-state index is 13.9. The average Bonchev–Trinajstić information content (AvgIpc) is 2.92. The molecule has 4 nitrogen and oxygen atoms in total. The molecule has 7 heteroatoms. The summed E-state index contributed by atoms with van der Waals surface area (Å²) in [6, 6.07) is 3.43. The lowest BCUT2D eigenvalue weighted by atomic mass is 9.89. The summed E-state index contributed by atoms with van der Waals surface area (Å²) in [6.45, 7) is 1.44. The van der Waals surface area contributed by atoms with Gasteiger partial charge in [0.2, 0.25) is 5.88 Å². The van der Waals surface area contributed by atoms with E-state index in [2.05, 4.69) is 5.32 Å². The Morgan fingerprint density at radius 3 is 2.77 bits per heavy atom. The topological polar surface area (TPSA) is 39.1 Å². The van der Waals surface area contributed by atoms with Crippen molar-refractivity contribution in [3.63, 3.8) is 0 Å². The number of hydrogen-bond acceptors (Lipinski definition) is 3. The molecule has 1 saturated carbocycles. The minimum absolute atomic E-state index is 0.0141. The first-order valence-corrected chi connectivity index (χ1v) is 9.36. The van der Waals surface area contributed by atoms with Gasteiger partial charge in [0, 0.05) is 18.7 Å². The van der Waals surface area contributed by atoms with Crippen molar-refractivity contribution in [2.75, 3.05) is 7.05 Å². The second-order valence-electron chi connectivity index (χ2n) is 7.12. The van der Waals surface area contributed by atoms with Gasteiger partial charge >= 0.3 is 0 Å². The van der Waals surface area contributed by atoms with Gasteiger partial charge in [-0.3, -0.25) is 0 Å². The highest BCUT2D eigenvalue weighted by Gasteiger charge is 2.20. The molecule has 1 aliphatic carbocycles. The summed E-state index contributed by atoms with van der Waals surface area (Å²) in [5, 5.41) is 7.83. The summed E-state index contributed by atoms with van der Waals surface area (Å²) in [5.74, 6) is 0.328. The van der Waals surface area contributed by atoms with Gasteiger partial charge in [0.15, 0.2) is 0 Å². The highest BCUT2D eigenvalue weighted by molar-refractivity contribution is 6.34. The van der Waals surface area contributed by atoms with Gasteiger partial charge in [0.25, 0.3) is 0 Å². The van der Waals surface area contributed by atoms with Crippen molar-refractivity contribution < 1.29 is 13.5 Å². The van der Waals surface area contributed by atoms with Crippen molar-refractivity contribution in [2.45, 2.75) is 51.8 Å². The Morgan fingerprint density at radius 2 is 2.04 bits per heavy atom. The second kappa shape index (κ2) is 8.67. The Morgan fingerprint density at radius 1 is 1.27 bits per heavy atom. The van der Waals surface area contributed by atoms with Gasteiger partial charge in [0.1, 0.15) is 26.1 Å². The molecule has 3 rings (SSSR count). The lowest BCUT2D eigenvalue weighted by Crippen LogP contribution is -2.18. The Balaban J connectivity index is 1.80. The number of nitrogens with one attached hydrogen (secondary N) is 1. The molecule has 2 aromatic rings. The highest BCUT2D eigenvalue weighted by Crippen LogP contribution is 2.26. The van der Waals surface area contributed by atoms with E-state index >= 15 is 0 Å². The first-order valence-electron chi connectivity index (χ1n) is 9.36. The first-order chi connectivity index (χ1) is 12.6. The molecule has 0 unspecified atom stereocenters. The zero-order valence-corrected chi connectivity index (χ0v) is 15.5. The lowest BCUT2D eigenvalue weighted by Gasteiger charge is -2.22. The van der Waals surface area contributed by atoms with Crippen LogP contribution in [0.5, 0.6) is 5.88 Å². The van der Waals surface area contributed by atoms with Crippen molar-refractivity contribution in [1.29, 1.82) is 0 Å². The quantitative estimate of drug-likeness (QED) is 0.770. The molecule has 1 N–H and O–H groups in total. The van der Waals surface area contributed by atoms with Gasteiger partial charge in [-0.15, -0.1) is 0 Å². The predicted octanol–water partition coefficient (Wildman–Crippen LogP) is 2.30. The van der Waals surface area contributed by atoms with Gasteiger partial charge in [-0.1, -0.05) is 19.3 Å². The van der Waals surface area contributed by atoms with Crippen LogP contribution in [0.25, 0.3) is 0 Å². The molecule has 140 valence electrons. The zero-order chi connectivity index (χ0) is 18.5. The minimum Gasteiger partial charge on any atom is -0.473 e. The minimum atomic E-state index is -0.465. The Labute approximate surface area is 154 Å². The highest BCUT2D eigenvalue weighted by atomic mass is 19.1. The van der Waals surface area contributed by atoms with E-state index in [-0.39, 0.29) is 12.2 Å². The molecular weight excluding hydrogens is 335 g/mol. The molecule has 0 saturated heterocycles. The largest absolute Gasteiger partial charge is 0.473 e. The number of aromatic nitrogens is 2. The molecule has 0 bridgehead atoms. The van der Waals surface area contributed by atoms with Crippen molar-refractivity contribution in [3.8, 4) is 5.88 Å². The van der Waals surface area contributed by atoms with Crippen LogP contribution in [-0.4, -0.2) is 24.7 Å². The third-order valence-corrected chi connectivity index (χ3v) is 5.10. The summed E-state index contributed by atoms with van der Waals surface area (Å²) in [7, 11) is 3.84. The molecule has 0 atom stereocenters.